The quantitative estimate of drug-likeness (QED) is 0.467. The van der Waals surface area contributed by atoms with Crippen LogP contribution in [0.5, 0.6) is 0 Å². The van der Waals surface area contributed by atoms with Gasteiger partial charge in [0.15, 0.2) is 0 Å². The van der Waals surface area contributed by atoms with Crippen molar-refractivity contribution in [3.8, 4) is 0 Å². The average Bonchev–Trinajstić information content (AvgIpc) is 3.36. The van der Waals surface area contributed by atoms with Crippen molar-refractivity contribution in [3.63, 3.8) is 0 Å². The van der Waals surface area contributed by atoms with Crippen LogP contribution in [0, 0.1) is 30.6 Å². The number of hydrogen-bond acceptors (Lipinski definition) is 5. The summed E-state index contributed by atoms with van der Waals surface area (Å²) in [6.45, 7) is 5.31. The summed E-state index contributed by atoms with van der Waals surface area (Å²) < 4.78 is 5.40. The number of carbonyl (C=O) groups is 2. The highest BCUT2D eigenvalue weighted by atomic mass is 16.5. The Morgan fingerprint density at radius 3 is 2.37 bits per heavy atom. The first-order chi connectivity index (χ1) is 13.1. The Bertz CT molecular complexity index is 826. The van der Waals surface area contributed by atoms with E-state index in [1.165, 1.54) is 5.69 Å². The molecule has 2 amide bonds. The lowest BCUT2D eigenvalue weighted by Gasteiger charge is -2.29. The molecule has 0 spiro atoms. The van der Waals surface area contributed by atoms with Crippen molar-refractivity contribution in [3.05, 3.63) is 41.5 Å². The smallest absolute Gasteiger partial charge is 0.254 e. The summed E-state index contributed by atoms with van der Waals surface area (Å²) >= 11 is 0. The third-order valence-electron chi connectivity index (χ3n) is 6.39. The highest BCUT2D eigenvalue weighted by Gasteiger charge is 2.59. The lowest BCUT2D eigenvalue weighted by atomic mass is 9.85. The first kappa shape index (κ1) is 16.7. The van der Waals surface area contributed by atoms with Crippen molar-refractivity contribution in [2.75, 3.05) is 31.2 Å². The van der Waals surface area contributed by atoms with Gasteiger partial charge in [0.1, 0.15) is 0 Å². The number of nitrogens with zero attached hydrogens (tertiary/aromatic N) is 3. The van der Waals surface area contributed by atoms with Crippen LogP contribution in [0.3, 0.4) is 0 Å². The van der Waals surface area contributed by atoms with Gasteiger partial charge in [0.05, 0.1) is 31.3 Å². The number of hydrazone groups is 1. The Labute approximate surface area is 158 Å². The lowest BCUT2D eigenvalue weighted by Crippen LogP contribution is -2.36. The molecule has 2 saturated heterocycles. The maximum Gasteiger partial charge on any atom is 0.254 e. The second-order valence-corrected chi connectivity index (χ2v) is 7.87. The number of fused-ring (bicyclic) bond motifs is 5. The first-order valence-electron chi connectivity index (χ1n) is 9.67. The second kappa shape index (κ2) is 6.30. The van der Waals surface area contributed by atoms with Crippen molar-refractivity contribution in [2.45, 2.75) is 13.3 Å². The molecule has 4 aliphatic rings. The Morgan fingerprint density at radius 1 is 1.07 bits per heavy atom. The number of benzene rings is 1. The van der Waals surface area contributed by atoms with Crippen LogP contribution in [0.2, 0.25) is 0 Å². The van der Waals surface area contributed by atoms with Gasteiger partial charge in [0.25, 0.3) is 11.8 Å². The summed E-state index contributed by atoms with van der Waals surface area (Å²) in [7, 11) is 0. The highest BCUT2D eigenvalue weighted by Crippen LogP contribution is 2.52. The number of aryl methyl sites for hydroxylation is 1. The van der Waals surface area contributed by atoms with E-state index >= 15 is 0 Å². The molecule has 2 aliphatic carbocycles. The Morgan fingerprint density at radius 2 is 1.74 bits per heavy atom. The zero-order valence-corrected chi connectivity index (χ0v) is 15.4. The molecule has 0 N–H and O–H groups in total. The van der Waals surface area contributed by atoms with Crippen molar-refractivity contribution < 1.29 is 14.3 Å². The number of morpholine rings is 1. The number of rotatable bonds is 3. The molecule has 0 radical (unpaired) electrons. The van der Waals surface area contributed by atoms with Gasteiger partial charge >= 0.3 is 0 Å². The molecule has 1 aromatic carbocycles. The van der Waals surface area contributed by atoms with Gasteiger partial charge in [0, 0.05) is 18.8 Å². The van der Waals surface area contributed by atoms with E-state index < -0.39 is 0 Å². The third-order valence-corrected chi connectivity index (χ3v) is 6.39. The fourth-order valence-electron chi connectivity index (χ4n) is 4.94. The first-order valence-corrected chi connectivity index (χ1v) is 9.67. The van der Waals surface area contributed by atoms with E-state index in [0.717, 1.165) is 48.9 Å². The molecule has 0 unspecified atom stereocenters. The normalized spacial score (nSPS) is 32.2. The maximum absolute atomic E-state index is 12.7. The molecular formula is C21H23N3O3. The molecule has 1 saturated carbocycles. The van der Waals surface area contributed by atoms with Crippen molar-refractivity contribution in [1.29, 1.82) is 0 Å². The number of amides is 2. The van der Waals surface area contributed by atoms with Gasteiger partial charge < -0.3 is 9.64 Å². The molecule has 2 aliphatic heterocycles. The minimum Gasteiger partial charge on any atom is -0.378 e. The van der Waals surface area contributed by atoms with E-state index in [9.17, 15) is 9.59 Å². The van der Waals surface area contributed by atoms with Crippen molar-refractivity contribution >= 4 is 23.7 Å². The van der Waals surface area contributed by atoms with Crippen molar-refractivity contribution in [2.24, 2.45) is 28.8 Å². The minimum absolute atomic E-state index is 0.138. The van der Waals surface area contributed by atoms with Gasteiger partial charge in [-0.3, -0.25) is 9.59 Å². The fraction of sp³-hybridized carbons (Fsp3) is 0.476. The Kier molecular flexibility index (Phi) is 3.90. The van der Waals surface area contributed by atoms with Crippen LogP contribution in [0.4, 0.5) is 5.69 Å². The molecule has 5 rings (SSSR count). The zero-order chi connectivity index (χ0) is 18.5. The van der Waals surface area contributed by atoms with E-state index in [0.29, 0.717) is 0 Å². The Balaban J connectivity index is 1.34. The van der Waals surface area contributed by atoms with E-state index in [2.05, 4.69) is 34.3 Å². The molecule has 1 aromatic rings. The number of anilines is 1. The molecule has 2 bridgehead atoms. The van der Waals surface area contributed by atoms with Gasteiger partial charge in [-0.05, 0) is 48.4 Å². The van der Waals surface area contributed by atoms with Crippen LogP contribution in [-0.2, 0) is 14.3 Å². The largest absolute Gasteiger partial charge is 0.378 e. The summed E-state index contributed by atoms with van der Waals surface area (Å²) in [6.07, 6.45) is 6.77. The highest BCUT2D eigenvalue weighted by molar-refractivity contribution is 6.06. The summed E-state index contributed by atoms with van der Waals surface area (Å²) in [5, 5.41) is 5.39. The molecule has 3 fully saturated rings. The van der Waals surface area contributed by atoms with Crippen LogP contribution in [0.1, 0.15) is 17.5 Å². The maximum atomic E-state index is 12.7. The number of hydrogen-bond donors (Lipinski definition) is 0. The van der Waals surface area contributed by atoms with Crippen LogP contribution >= 0.6 is 0 Å². The van der Waals surface area contributed by atoms with E-state index in [1.807, 2.05) is 13.0 Å². The van der Waals surface area contributed by atoms with E-state index in [-0.39, 0.29) is 35.5 Å². The van der Waals surface area contributed by atoms with E-state index in [4.69, 9.17) is 4.74 Å². The predicted octanol–water partition coefficient (Wildman–Crippen LogP) is 1.97. The summed E-state index contributed by atoms with van der Waals surface area (Å²) in [5.41, 5.74) is 3.16. The number of allylic oxidation sites excluding steroid dienone is 2. The molecule has 4 atom stereocenters. The molecular weight excluding hydrogens is 342 g/mol. The Hall–Kier alpha value is -2.47. The minimum atomic E-state index is -0.200. The SMILES string of the molecule is Cc1cc(N2CCOCC2)ccc1C=NN1C(=O)[C@@H]2[C@H](C1=O)[C@H]1C=C[C@H]2C1. The molecule has 6 heteroatoms. The second-order valence-electron chi connectivity index (χ2n) is 7.87. The molecule has 2 heterocycles. The van der Waals surface area contributed by atoms with Crippen molar-refractivity contribution in [1.82, 2.24) is 5.01 Å². The monoisotopic (exact) mass is 365 g/mol. The van der Waals surface area contributed by atoms with E-state index in [1.54, 1.807) is 6.21 Å². The summed E-state index contributed by atoms with van der Waals surface area (Å²) in [5.74, 6) is -0.248. The lowest BCUT2D eigenvalue weighted by molar-refractivity contribution is -0.140. The third kappa shape index (κ3) is 2.62. The van der Waals surface area contributed by atoms with Gasteiger partial charge in [0.2, 0.25) is 0 Å². The summed E-state index contributed by atoms with van der Waals surface area (Å²) in [6, 6.07) is 6.19. The van der Waals surface area contributed by atoms with Gasteiger partial charge in [-0.25, -0.2) is 0 Å². The van der Waals surface area contributed by atoms with Crippen LogP contribution in [0.25, 0.3) is 0 Å². The van der Waals surface area contributed by atoms with Crippen LogP contribution < -0.4 is 4.90 Å². The molecule has 140 valence electrons. The standard InChI is InChI=1S/C21H23N3O3/c1-13-10-17(23-6-8-27-9-7-23)5-4-16(13)12-22-24-20(25)18-14-2-3-15(11-14)19(18)21(24)26/h2-5,10,12,14-15,18-19H,6-9,11H2,1H3/t14-,15-,18-,19+/m0/s1. The summed E-state index contributed by atoms with van der Waals surface area (Å²) in [4.78, 5) is 27.7. The topological polar surface area (TPSA) is 62.2 Å². The zero-order valence-electron chi connectivity index (χ0n) is 15.4. The molecule has 0 aromatic heterocycles. The number of imide groups is 1. The predicted molar refractivity (Wildman–Crippen MR) is 101 cm³/mol. The van der Waals surface area contributed by atoms with Crippen LogP contribution in [-0.4, -0.2) is 49.3 Å². The average molecular weight is 365 g/mol. The molecule has 27 heavy (non-hydrogen) atoms. The molecule has 6 nitrogen and oxygen atoms in total. The van der Waals surface area contributed by atoms with Gasteiger partial charge in [-0.15, -0.1) is 0 Å². The number of carbonyl (C=O) groups excluding carboxylic acids is 2. The number of ether oxygens (including phenoxy) is 1. The fourth-order valence-corrected chi connectivity index (χ4v) is 4.94. The van der Waals surface area contributed by atoms with Crippen LogP contribution in [0.15, 0.2) is 35.5 Å². The van der Waals surface area contributed by atoms with Gasteiger partial charge in [-0.2, -0.15) is 10.1 Å². The van der Waals surface area contributed by atoms with Gasteiger partial charge in [-0.1, -0.05) is 18.2 Å².